The second kappa shape index (κ2) is 8.24. The van der Waals surface area contributed by atoms with E-state index in [2.05, 4.69) is 15.5 Å². The first kappa shape index (κ1) is 18.9. The first-order valence-corrected chi connectivity index (χ1v) is 9.39. The third-order valence-corrected chi connectivity index (χ3v) is 5.38. The van der Waals surface area contributed by atoms with Crippen LogP contribution in [0.15, 0.2) is 28.2 Å². The van der Waals surface area contributed by atoms with Crippen molar-refractivity contribution in [1.29, 1.82) is 0 Å². The molecule has 0 saturated carbocycles. The fourth-order valence-electron chi connectivity index (χ4n) is 2.58. The molecule has 0 spiro atoms. The van der Waals surface area contributed by atoms with Gasteiger partial charge >= 0.3 is 5.69 Å². The fourth-order valence-corrected chi connectivity index (χ4v) is 3.66. The molecule has 1 saturated heterocycles. The number of aromatic nitrogens is 3. The van der Waals surface area contributed by atoms with E-state index < -0.39 is 11.1 Å². The van der Waals surface area contributed by atoms with Gasteiger partial charge in [-0.25, -0.2) is 14.3 Å². The monoisotopic (exact) mass is 400 g/mol. The Kier molecular flexibility index (Phi) is 6.00. The average Bonchev–Trinajstić information content (AvgIpc) is 3.22. The Morgan fingerprint density at radius 1 is 1.62 bits per heavy atom. The number of hydrogen-bond donors (Lipinski definition) is 2. The van der Waals surface area contributed by atoms with Crippen LogP contribution < -0.4 is 11.0 Å². The number of aromatic amines is 1. The van der Waals surface area contributed by atoms with Gasteiger partial charge in [0.1, 0.15) is 5.82 Å². The lowest BCUT2D eigenvalue weighted by Crippen LogP contribution is -2.27. The van der Waals surface area contributed by atoms with Gasteiger partial charge in [0.15, 0.2) is 5.16 Å². The van der Waals surface area contributed by atoms with Gasteiger partial charge in [-0.1, -0.05) is 23.4 Å². The van der Waals surface area contributed by atoms with Gasteiger partial charge in [-0.15, -0.1) is 5.10 Å². The minimum atomic E-state index is -0.547. The van der Waals surface area contributed by atoms with Crippen LogP contribution in [0, 0.1) is 5.82 Å². The highest BCUT2D eigenvalue weighted by Gasteiger charge is 2.23. The highest BCUT2D eigenvalue weighted by Crippen LogP contribution is 2.26. The van der Waals surface area contributed by atoms with Crippen molar-refractivity contribution in [3.63, 3.8) is 0 Å². The van der Waals surface area contributed by atoms with Crippen molar-refractivity contribution in [2.45, 2.75) is 42.8 Å². The molecule has 0 aliphatic carbocycles. The van der Waals surface area contributed by atoms with Crippen LogP contribution in [0.5, 0.6) is 0 Å². The molecule has 1 aliphatic rings. The highest BCUT2D eigenvalue weighted by atomic mass is 35.5. The van der Waals surface area contributed by atoms with Gasteiger partial charge in [0.2, 0.25) is 5.91 Å². The van der Waals surface area contributed by atoms with Gasteiger partial charge in [-0.05, 0) is 38.0 Å². The fraction of sp³-hybridized carbons (Fsp3) is 0.438. The number of nitrogens with zero attached hydrogens (tertiary/aromatic N) is 2. The summed E-state index contributed by atoms with van der Waals surface area (Å²) in [5.74, 6) is -0.812. The molecule has 0 bridgehead atoms. The van der Waals surface area contributed by atoms with Gasteiger partial charge in [0, 0.05) is 6.61 Å². The molecule has 3 rings (SSSR count). The van der Waals surface area contributed by atoms with Crippen molar-refractivity contribution in [1.82, 2.24) is 14.8 Å². The van der Waals surface area contributed by atoms with Crippen LogP contribution >= 0.6 is 23.4 Å². The lowest BCUT2D eigenvalue weighted by atomic mass is 10.2. The summed E-state index contributed by atoms with van der Waals surface area (Å²) in [5, 5.41) is 9.03. The molecule has 26 heavy (non-hydrogen) atoms. The maximum absolute atomic E-state index is 13.1. The smallest absolute Gasteiger partial charge is 0.344 e. The van der Waals surface area contributed by atoms with Crippen molar-refractivity contribution in [3.8, 4) is 0 Å². The third-order valence-electron chi connectivity index (χ3n) is 3.97. The van der Waals surface area contributed by atoms with E-state index in [1.54, 1.807) is 6.92 Å². The van der Waals surface area contributed by atoms with Crippen LogP contribution in [0.25, 0.3) is 0 Å². The molecule has 1 aromatic heterocycles. The molecule has 1 aliphatic heterocycles. The number of halogens is 2. The maximum Gasteiger partial charge on any atom is 0.344 e. The molecule has 2 N–H and O–H groups in total. The predicted molar refractivity (Wildman–Crippen MR) is 97.2 cm³/mol. The lowest BCUT2D eigenvalue weighted by molar-refractivity contribution is -0.115. The first-order chi connectivity index (χ1) is 12.4. The number of hydrogen-bond acceptors (Lipinski definition) is 5. The summed E-state index contributed by atoms with van der Waals surface area (Å²) in [6.45, 7) is 2.78. The van der Waals surface area contributed by atoms with Crippen LogP contribution in [0.4, 0.5) is 10.1 Å². The lowest BCUT2D eigenvalue weighted by Gasteiger charge is -2.14. The Bertz CT molecular complexity index is 850. The van der Waals surface area contributed by atoms with Crippen LogP contribution in [0.3, 0.4) is 0 Å². The number of anilines is 1. The number of benzene rings is 1. The molecule has 1 aromatic carbocycles. The summed E-state index contributed by atoms with van der Waals surface area (Å²) in [7, 11) is 0. The van der Waals surface area contributed by atoms with E-state index in [9.17, 15) is 14.0 Å². The average molecular weight is 401 g/mol. The molecule has 140 valence electrons. The van der Waals surface area contributed by atoms with Crippen LogP contribution in [0.2, 0.25) is 5.02 Å². The standard InChI is InChI=1S/C16H18ClFN4O3S/c1-9(14(23)19-13-5-4-10(18)7-12(13)17)26-16-21-20-15(24)22(16)8-11-3-2-6-25-11/h4-5,7,9,11H,2-3,6,8H2,1H3,(H,19,23)(H,20,24). The van der Waals surface area contributed by atoms with Gasteiger partial charge in [0.25, 0.3) is 0 Å². The number of carbonyl (C=O) groups is 1. The summed E-state index contributed by atoms with van der Waals surface area (Å²) < 4.78 is 20.1. The summed E-state index contributed by atoms with van der Waals surface area (Å²) in [4.78, 5) is 24.4. The van der Waals surface area contributed by atoms with Crippen molar-refractivity contribution < 1.29 is 13.9 Å². The van der Waals surface area contributed by atoms with Crippen LogP contribution in [-0.2, 0) is 16.1 Å². The molecule has 2 aromatic rings. The third kappa shape index (κ3) is 4.46. The second-order valence-corrected chi connectivity index (χ2v) is 7.65. The summed E-state index contributed by atoms with van der Waals surface area (Å²) in [6.07, 6.45) is 1.84. The predicted octanol–water partition coefficient (Wildman–Crippen LogP) is 2.66. The molecule has 2 unspecified atom stereocenters. The largest absolute Gasteiger partial charge is 0.376 e. The first-order valence-electron chi connectivity index (χ1n) is 8.13. The zero-order valence-corrected chi connectivity index (χ0v) is 15.6. The molecule has 0 radical (unpaired) electrons. The van der Waals surface area contributed by atoms with E-state index in [4.69, 9.17) is 16.3 Å². The molecular weight excluding hydrogens is 383 g/mol. The number of rotatable bonds is 6. The minimum Gasteiger partial charge on any atom is -0.376 e. The van der Waals surface area contributed by atoms with Gasteiger partial charge in [0.05, 0.1) is 28.6 Å². The Hall–Kier alpha value is -1.84. The Labute approximate surface area is 158 Å². The normalized spacial score (nSPS) is 18.0. The van der Waals surface area contributed by atoms with Crippen molar-refractivity contribution >= 4 is 35.0 Å². The Morgan fingerprint density at radius 3 is 3.12 bits per heavy atom. The second-order valence-electron chi connectivity index (χ2n) is 5.93. The van der Waals surface area contributed by atoms with Gasteiger partial charge in [-0.2, -0.15) is 0 Å². The number of nitrogens with one attached hydrogen (secondary N) is 2. The summed E-state index contributed by atoms with van der Waals surface area (Å²) in [5.41, 5.74) is -0.0125. The van der Waals surface area contributed by atoms with E-state index in [0.29, 0.717) is 24.0 Å². The van der Waals surface area contributed by atoms with Crippen molar-refractivity contribution in [2.75, 3.05) is 11.9 Å². The minimum absolute atomic E-state index is 0.0215. The number of H-pyrrole nitrogens is 1. The van der Waals surface area contributed by atoms with E-state index in [1.165, 1.54) is 16.7 Å². The molecule has 2 heterocycles. The molecule has 10 heteroatoms. The SMILES string of the molecule is CC(Sc1n[nH]c(=O)n1CC1CCCO1)C(=O)Nc1ccc(F)cc1Cl. The molecule has 1 amide bonds. The number of amides is 1. The van der Waals surface area contributed by atoms with Crippen LogP contribution in [0.1, 0.15) is 19.8 Å². The van der Waals surface area contributed by atoms with E-state index in [0.717, 1.165) is 30.7 Å². The number of thioether (sulfide) groups is 1. The molecule has 2 atom stereocenters. The zero-order valence-electron chi connectivity index (χ0n) is 14.0. The van der Waals surface area contributed by atoms with E-state index in [-0.39, 0.29) is 22.7 Å². The number of ether oxygens (including phenoxy) is 1. The quantitative estimate of drug-likeness (QED) is 0.728. The zero-order chi connectivity index (χ0) is 18.7. The summed E-state index contributed by atoms with van der Waals surface area (Å²) >= 11 is 7.07. The molecule has 1 fully saturated rings. The van der Waals surface area contributed by atoms with E-state index in [1.807, 2.05) is 0 Å². The van der Waals surface area contributed by atoms with Crippen molar-refractivity contribution in [3.05, 3.63) is 39.5 Å². The maximum atomic E-state index is 13.1. The van der Waals surface area contributed by atoms with Crippen LogP contribution in [-0.4, -0.2) is 38.6 Å². The van der Waals surface area contributed by atoms with Crippen molar-refractivity contribution in [2.24, 2.45) is 0 Å². The molecular formula is C16H18ClFN4O3S. The number of carbonyl (C=O) groups excluding carboxylic acids is 1. The summed E-state index contributed by atoms with van der Waals surface area (Å²) in [6, 6.07) is 3.74. The van der Waals surface area contributed by atoms with E-state index >= 15 is 0 Å². The Morgan fingerprint density at radius 2 is 2.42 bits per heavy atom. The topological polar surface area (TPSA) is 89.0 Å². The van der Waals surface area contributed by atoms with Gasteiger partial charge < -0.3 is 10.1 Å². The Balaban J connectivity index is 1.66. The van der Waals surface area contributed by atoms with Gasteiger partial charge in [-0.3, -0.25) is 9.36 Å². The highest BCUT2D eigenvalue weighted by molar-refractivity contribution is 8.00. The molecule has 7 nitrogen and oxygen atoms in total.